The maximum Gasteiger partial charge on any atom is 0.271 e. The fourth-order valence-electron chi connectivity index (χ4n) is 19.2. The van der Waals surface area contributed by atoms with Crippen LogP contribution in [0.4, 0.5) is 34.5 Å². The Balaban J connectivity index is 0.000000152. The van der Waals surface area contributed by atoms with Crippen LogP contribution in [0.3, 0.4) is 0 Å². The Kier molecular flexibility index (Phi) is 23.9. The van der Waals surface area contributed by atoms with E-state index in [4.69, 9.17) is 16.5 Å². The van der Waals surface area contributed by atoms with Gasteiger partial charge in [-0.25, -0.2) is 36.8 Å². The molecular weight excluding hydrogens is 1620 g/mol. The molecule has 123 heavy (non-hydrogen) atoms. The third kappa shape index (κ3) is 18.1. The van der Waals surface area contributed by atoms with Gasteiger partial charge in [-0.1, -0.05) is 12.1 Å². The first-order valence-electron chi connectivity index (χ1n) is 41.8. The summed E-state index contributed by atoms with van der Waals surface area (Å²) in [5.74, 6) is -1.49. The van der Waals surface area contributed by atoms with Crippen molar-refractivity contribution in [1.82, 2.24) is 61.2 Å². The van der Waals surface area contributed by atoms with Gasteiger partial charge >= 0.3 is 0 Å². The van der Waals surface area contributed by atoms with E-state index < -0.39 is 90.8 Å². The predicted octanol–water partition coefficient (Wildman–Crippen LogP) is 1.93. The Morgan fingerprint density at radius 3 is 1.44 bits per heavy atom. The van der Waals surface area contributed by atoms with E-state index in [1.165, 1.54) is 30.5 Å². The topological polar surface area (TPSA) is 489 Å². The summed E-state index contributed by atoms with van der Waals surface area (Å²) in [5.41, 5.74) is 15.7. The number of benzene rings is 4. The molecule has 12 heterocycles. The highest BCUT2D eigenvalue weighted by Gasteiger charge is 2.60. The molecule has 36 nitrogen and oxygen atoms in total. The average molecular weight is 1720 g/mol. The molecule has 10 atom stereocenters. The van der Waals surface area contributed by atoms with E-state index >= 15 is 0 Å². The van der Waals surface area contributed by atoms with Crippen molar-refractivity contribution in [1.29, 1.82) is 0 Å². The SMILES string of the molecule is CS(=O)(=O)c1ccc(Cc2nc(N3CCC[C@@H](NC(=O)C4[C@H]5CN(CC6CCN(c7ccc8c(c7)C(=O)N(C7CCC(=O)NC7=O)C8=O)CC6)C[C@@H]45)C3)cnc2C(N)=O)cc1.CS(=O)(=O)c1ccc(Nc2nc(N3CCC[C@@H](NC(=O)C4[C@H]5CNC[C@@H]45)C3)cnc2C(N)=O)cc1.O=CC1CCN(c2ccc3c(c2)C(=O)N(C2CCC(=O)NC2=O)C3=O)CC1. The number of nitrogens with two attached hydrogens (primary N) is 2. The van der Waals surface area contributed by atoms with E-state index in [0.29, 0.717) is 84.3 Å². The van der Waals surface area contributed by atoms with E-state index in [9.17, 15) is 79.2 Å². The fraction of sp³-hybridized carbons (Fsp3) is 0.471. The molecule has 646 valence electrons. The zero-order valence-electron chi connectivity index (χ0n) is 68.0. The second-order valence-electron chi connectivity index (χ2n) is 34.1. The van der Waals surface area contributed by atoms with Crippen LogP contribution < -0.4 is 63.0 Å². The lowest BCUT2D eigenvalue weighted by molar-refractivity contribution is -0.137. The van der Waals surface area contributed by atoms with Crippen molar-refractivity contribution in [3.63, 3.8) is 0 Å². The number of rotatable bonds is 21. The molecule has 38 heteroatoms. The number of imide groups is 4. The van der Waals surface area contributed by atoms with Crippen LogP contribution in [0.2, 0.25) is 0 Å². The lowest BCUT2D eigenvalue weighted by Crippen LogP contribution is -2.54. The standard InChI is InChI=1S/C43H49N9O8S.C23H29N7O4S.C19H19N3O5/c1-61(59,60)28-7-4-24(5-8-28)17-33-38(39(44)54)45-19-35(47-33)51-14-2-3-26(21-51)46-41(56)37-31-22-49(23-32(31)37)20-25-12-15-50(16-13-25)27-6-9-29-30(18-27)43(58)52(42(29)57)34-10-11-36(53)48-40(34)55;1-35(33,34)15-6-4-13(5-7-15)27-22-20(21(24)31)26-11-18(29-22)30-8-2-3-14(12-30)28-23(32)19-16-9-25-10-17(16)19;23-10-11-5-7-21(8-6-11)12-1-2-13-14(9-12)19(27)22(18(13)26)15-3-4-16(24)20-17(15)25/h4-9,18-19,25-26,31-32,34,37H,2-3,10-17,20-23H2,1H3,(H2,44,54)(H,46,56)(H,48,53,55);4-7,11,14,16-17,19,25H,2-3,8-10,12H2,1H3,(H2,24,31)(H,27,29)(H,28,32);1-2,9-11,15H,3-8H2,(H,20,24,25)/t26-,31-,32+,34?,37?;14-,16-,17+,19?;/m11./s1. The average Bonchev–Trinajstić information content (AvgIpc) is 1.57. The molecule has 18 rings (SSSR count). The number of fused-ring (bicyclic) bond motifs is 4. The number of likely N-dealkylation sites (tertiary alicyclic amines) is 1. The van der Waals surface area contributed by atoms with Crippen molar-refractivity contribution in [2.24, 2.45) is 58.8 Å². The smallest absolute Gasteiger partial charge is 0.271 e. The second kappa shape index (κ2) is 34.7. The van der Waals surface area contributed by atoms with Crippen molar-refractivity contribution >= 4 is 131 Å². The van der Waals surface area contributed by atoms with E-state index in [1.54, 1.807) is 60.8 Å². The zero-order valence-corrected chi connectivity index (χ0v) is 69.6. The van der Waals surface area contributed by atoms with E-state index in [0.717, 1.165) is 156 Å². The number of hydrogen-bond acceptors (Lipinski definition) is 28. The van der Waals surface area contributed by atoms with Crippen molar-refractivity contribution < 1.29 is 79.2 Å². The minimum Gasteiger partial charge on any atom is -0.371 e. The second-order valence-corrected chi connectivity index (χ2v) is 38.1. The number of hydrogen-bond donors (Lipinski definition) is 8. The minimum atomic E-state index is -3.35. The minimum absolute atomic E-state index is 0.0168. The highest BCUT2D eigenvalue weighted by molar-refractivity contribution is 7.91. The molecule has 2 aromatic heterocycles. The van der Waals surface area contributed by atoms with Gasteiger partial charge in [0, 0.05) is 151 Å². The van der Waals surface area contributed by atoms with Gasteiger partial charge < -0.3 is 62.0 Å². The Hall–Kier alpha value is -12.0. The van der Waals surface area contributed by atoms with Crippen molar-refractivity contribution in [2.75, 3.05) is 123 Å². The largest absolute Gasteiger partial charge is 0.371 e. The number of piperidine rings is 8. The Morgan fingerprint density at radius 2 is 0.967 bits per heavy atom. The van der Waals surface area contributed by atoms with Crippen molar-refractivity contribution in [3.8, 4) is 0 Å². The molecule has 0 radical (unpaired) electrons. The molecule has 4 unspecified atom stereocenters. The van der Waals surface area contributed by atoms with Crippen molar-refractivity contribution in [3.05, 3.63) is 142 Å². The normalized spacial score (nSPS) is 25.2. The first kappa shape index (κ1) is 84.6. The van der Waals surface area contributed by atoms with Crippen LogP contribution in [0.5, 0.6) is 0 Å². The highest BCUT2D eigenvalue weighted by Crippen LogP contribution is 2.53. The Labute approximate surface area is 709 Å². The number of anilines is 6. The summed E-state index contributed by atoms with van der Waals surface area (Å²) in [5, 5.41) is 17.3. The lowest BCUT2D eigenvalue weighted by atomic mass is 9.95. The fourth-order valence-corrected chi connectivity index (χ4v) is 20.4. The van der Waals surface area contributed by atoms with Crippen LogP contribution in [-0.4, -0.2) is 250 Å². The van der Waals surface area contributed by atoms with Gasteiger partial charge in [-0.05, 0) is 185 Å². The number of carbonyl (C=O) groups is 13. The molecule has 10 aliphatic heterocycles. The molecule has 0 bridgehead atoms. The number of nitrogens with zero attached hydrogens (tertiary/aromatic N) is 11. The summed E-state index contributed by atoms with van der Waals surface area (Å²) in [7, 11) is -6.67. The predicted molar refractivity (Wildman–Crippen MR) is 445 cm³/mol. The maximum absolute atomic E-state index is 13.6. The number of carbonyl (C=O) groups excluding carboxylic acids is 13. The van der Waals surface area contributed by atoms with E-state index in [1.807, 2.05) is 11.0 Å². The van der Waals surface area contributed by atoms with Crippen LogP contribution >= 0.6 is 0 Å². The molecule has 0 spiro atoms. The molecule has 10 N–H and O–H groups in total. The quantitative estimate of drug-likeness (QED) is 0.0377. The Bertz CT molecular complexity index is 5530. The molecule has 10 fully saturated rings. The molecule has 2 aliphatic carbocycles. The van der Waals surface area contributed by atoms with Gasteiger partial charge in [-0.15, -0.1) is 0 Å². The first-order chi connectivity index (χ1) is 58.9. The molecule has 6 aromatic rings. The molecule has 12 amide bonds. The van der Waals surface area contributed by atoms with Gasteiger partial charge in [0.05, 0.1) is 50.1 Å². The summed E-state index contributed by atoms with van der Waals surface area (Å²) >= 11 is 0. The molecule has 2 saturated carbocycles. The lowest BCUT2D eigenvalue weighted by Gasteiger charge is -2.36. The number of amides is 12. The maximum atomic E-state index is 13.6. The number of aldehydes is 1. The van der Waals surface area contributed by atoms with Gasteiger partial charge in [0.15, 0.2) is 31.2 Å². The monoisotopic (exact) mass is 1720 g/mol. The van der Waals surface area contributed by atoms with Crippen LogP contribution in [0.1, 0.15) is 151 Å². The molecular formula is C85H97N19O17S2. The summed E-state index contributed by atoms with van der Waals surface area (Å²) in [4.78, 5) is 192. The summed E-state index contributed by atoms with van der Waals surface area (Å²) in [6, 6.07) is 20.9. The first-order valence-corrected chi connectivity index (χ1v) is 45.6. The van der Waals surface area contributed by atoms with Crippen LogP contribution in [0, 0.1) is 47.3 Å². The Morgan fingerprint density at radius 1 is 0.512 bits per heavy atom. The van der Waals surface area contributed by atoms with Crippen LogP contribution in [-0.2, 0) is 59.7 Å². The summed E-state index contributed by atoms with van der Waals surface area (Å²) in [6.07, 6.45) is 14.0. The third-order valence-electron chi connectivity index (χ3n) is 25.9. The number of nitrogens with one attached hydrogen (secondary N) is 6. The zero-order chi connectivity index (χ0) is 86.6. The number of aromatic nitrogens is 4. The summed E-state index contributed by atoms with van der Waals surface area (Å²) < 4.78 is 47.2. The molecule has 4 aromatic carbocycles. The van der Waals surface area contributed by atoms with Gasteiger partial charge in [0.25, 0.3) is 35.4 Å². The van der Waals surface area contributed by atoms with Crippen LogP contribution in [0.15, 0.2) is 107 Å². The number of primary amides is 2. The summed E-state index contributed by atoms with van der Waals surface area (Å²) in [6.45, 7) is 10.3. The van der Waals surface area contributed by atoms with E-state index in [-0.39, 0.29) is 117 Å². The molecule has 12 aliphatic rings. The van der Waals surface area contributed by atoms with Crippen molar-refractivity contribution in [2.45, 2.75) is 117 Å². The number of sulfone groups is 2. The van der Waals surface area contributed by atoms with Crippen LogP contribution in [0.25, 0.3) is 0 Å². The molecule has 8 saturated heterocycles. The third-order valence-corrected chi connectivity index (χ3v) is 28.2. The highest BCUT2D eigenvalue weighted by atomic mass is 32.2. The van der Waals surface area contributed by atoms with E-state index in [2.05, 4.69) is 66.5 Å². The van der Waals surface area contributed by atoms with Gasteiger partial charge in [-0.2, -0.15) is 0 Å². The van der Waals surface area contributed by atoms with Gasteiger partial charge in [-0.3, -0.25) is 78.0 Å². The van der Waals surface area contributed by atoms with Gasteiger partial charge in [0.1, 0.15) is 35.7 Å². The van der Waals surface area contributed by atoms with Gasteiger partial charge in [0.2, 0.25) is 35.4 Å².